The normalized spacial score (nSPS) is 14.1. The molecular weight excluding hydrogens is 310 g/mol. The van der Waals surface area contributed by atoms with E-state index in [1.54, 1.807) is 12.2 Å². The lowest BCUT2D eigenvalue weighted by molar-refractivity contribution is -0.305. The van der Waals surface area contributed by atoms with Crippen molar-refractivity contribution in [2.45, 2.75) is 19.0 Å². The molecule has 5 nitrogen and oxygen atoms in total. The highest BCUT2D eigenvalue weighted by atomic mass is 19.4. The van der Waals surface area contributed by atoms with Gasteiger partial charge in [0.25, 0.3) is 5.91 Å². The fraction of sp³-hybridized carbons (Fsp3) is 0.385. The fourth-order valence-electron chi connectivity index (χ4n) is 1.45. The van der Waals surface area contributed by atoms with Gasteiger partial charge in [-0.2, -0.15) is 17.6 Å². The third-order valence-corrected chi connectivity index (χ3v) is 2.59. The number of hydrogen-bond donors (Lipinski definition) is 1. The van der Waals surface area contributed by atoms with Gasteiger partial charge in [0.15, 0.2) is 0 Å². The van der Waals surface area contributed by atoms with Gasteiger partial charge in [0.05, 0.1) is 12.2 Å². The van der Waals surface area contributed by atoms with Gasteiger partial charge >= 0.3 is 18.0 Å². The maximum absolute atomic E-state index is 13.6. The van der Waals surface area contributed by atoms with Crippen molar-refractivity contribution in [1.29, 1.82) is 0 Å². The number of esters is 1. The zero-order chi connectivity index (χ0) is 17.0. The van der Waals surface area contributed by atoms with Crippen LogP contribution in [0.15, 0.2) is 24.3 Å². The van der Waals surface area contributed by atoms with Gasteiger partial charge < -0.3 is 14.8 Å². The molecule has 0 aliphatic carbocycles. The maximum Gasteiger partial charge on any atom is 0.458 e. The number of rotatable bonds is 5. The first-order valence-corrected chi connectivity index (χ1v) is 6.05. The predicted molar refractivity (Wildman–Crippen MR) is 67.9 cm³/mol. The molecule has 1 N–H and O–H groups in total. The molecule has 1 atom stereocenters. The summed E-state index contributed by atoms with van der Waals surface area (Å²) in [7, 11) is 0.428. The summed E-state index contributed by atoms with van der Waals surface area (Å²) in [5, 5.41) is 1.73. The monoisotopic (exact) mass is 323 g/mol. The molecule has 1 aromatic carbocycles. The van der Waals surface area contributed by atoms with Crippen molar-refractivity contribution < 1.29 is 36.6 Å². The molecule has 0 radical (unpaired) electrons. The van der Waals surface area contributed by atoms with Crippen LogP contribution in [0.4, 0.5) is 23.2 Å². The highest BCUT2D eigenvalue weighted by molar-refractivity contribution is 5.97. The second kappa shape index (κ2) is 6.73. The number of methoxy groups -OCH3 is 1. The lowest BCUT2D eigenvalue weighted by atomic mass is 10.2. The SMILES string of the molecule is CCOC(=O)c1ccc(NC(=O)[C@@](F)(OC)C(F)(F)F)cc1. The second-order valence-corrected chi connectivity index (χ2v) is 4.05. The van der Waals surface area contributed by atoms with E-state index in [0.717, 1.165) is 12.1 Å². The number of carbonyl (C=O) groups is 2. The first-order chi connectivity index (χ1) is 10.2. The molecular formula is C13H13F4NO4. The number of amides is 1. The Labute approximate surface area is 123 Å². The number of carbonyl (C=O) groups excluding carboxylic acids is 2. The van der Waals surface area contributed by atoms with E-state index >= 15 is 0 Å². The Kier molecular flexibility index (Phi) is 5.48. The number of benzene rings is 1. The van der Waals surface area contributed by atoms with Crippen molar-refractivity contribution in [3.63, 3.8) is 0 Å². The van der Waals surface area contributed by atoms with Crippen molar-refractivity contribution >= 4 is 17.6 Å². The summed E-state index contributed by atoms with van der Waals surface area (Å²) in [6.07, 6.45) is -5.53. The van der Waals surface area contributed by atoms with Crippen LogP contribution in [0.25, 0.3) is 0 Å². The van der Waals surface area contributed by atoms with Crippen LogP contribution in [0.5, 0.6) is 0 Å². The highest BCUT2D eigenvalue weighted by Gasteiger charge is 2.63. The van der Waals surface area contributed by atoms with E-state index in [1.807, 2.05) is 0 Å². The molecule has 0 aromatic heterocycles. The van der Waals surface area contributed by atoms with E-state index < -0.39 is 23.9 Å². The van der Waals surface area contributed by atoms with Crippen molar-refractivity contribution in [2.75, 3.05) is 19.0 Å². The van der Waals surface area contributed by atoms with Gasteiger partial charge in [-0.25, -0.2) is 4.79 Å². The van der Waals surface area contributed by atoms with Crippen LogP contribution in [-0.2, 0) is 14.3 Å². The van der Waals surface area contributed by atoms with Crippen LogP contribution in [0.2, 0.25) is 0 Å². The first kappa shape index (κ1) is 17.9. The van der Waals surface area contributed by atoms with E-state index in [4.69, 9.17) is 4.74 Å². The minimum atomic E-state index is -5.53. The van der Waals surface area contributed by atoms with Crippen molar-refractivity contribution in [1.82, 2.24) is 0 Å². The molecule has 122 valence electrons. The summed E-state index contributed by atoms with van der Waals surface area (Å²) < 4.78 is 59.4. The van der Waals surface area contributed by atoms with E-state index in [-0.39, 0.29) is 17.9 Å². The summed E-state index contributed by atoms with van der Waals surface area (Å²) in [6, 6.07) is 4.70. The molecule has 0 fully saturated rings. The van der Waals surface area contributed by atoms with Crippen LogP contribution in [0, 0.1) is 0 Å². The molecule has 0 saturated carbocycles. The number of nitrogens with one attached hydrogen (secondary N) is 1. The zero-order valence-electron chi connectivity index (χ0n) is 11.7. The van der Waals surface area contributed by atoms with Gasteiger partial charge in [0.2, 0.25) is 0 Å². The van der Waals surface area contributed by atoms with Gasteiger partial charge in [0, 0.05) is 12.8 Å². The van der Waals surface area contributed by atoms with Gasteiger partial charge in [-0.15, -0.1) is 0 Å². The van der Waals surface area contributed by atoms with E-state index in [1.165, 1.54) is 12.1 Å². The summed E-state index contributed by atoms with van der Waals surface area (Å²) >= 11 is 0. The van der Waals surface area contributed by atoms with Crippen molar-refractivity contribution in [2.24, 2.45) is 0 Å². The molecule has 0 aliphatic rings. The number of anilines is 1. The Morgan fingerprint density at radius 1 is 1.14 bits per heavy atom. The number of alkyl halides is 4. The third kappa shape index (κ3) is 3.73. The Hall–Kier alpha value is -2.16. The average Bonchev–Trinajstić information content (AvgIpc) is 2.46. The van der Waals surface area contributed by atoms with Gasteiger partial charge in [-0.05, 0) is 31.2 Å². The summed E-state index contributed by atoms with van der Waals surface area (Å²) in [4.78, 5) is 22.8. The second-order valence-electron chi connectivity index (χ2n) is 4.05. The summed E-state index contributed by atoms with van der Waals surface area (Å²) in [5.74, 6) is -7.12. The molecule has 0 spiro atoms. The minimum absolute atomic E-state index is 0.133. The topological polar surface area (TPSA) is 64.6 Å². The molecule has 1 rings (SSSR count). The van der Waals surface area contributed by atoms with Crippen LogP contribution < -0.4 is 5.32 Å². The van der Waals surface area contributed by atoms with Gasteiger partial charge in [-0.3, -0.25) is 4.79 Å². The Bertz CT molecular complexity index is 544. The molecule has 0 saturated heterocycles. The Morgan fingerprint density at radius 3 is 2.09 bits per heavy atom. The number of ether oxygens (including phenoxy) is 2. The third-order valence-electron chi connectivity index (χ3n) is 2.59. The van der Waals surface area contributed by atoms with E-state index in [0.29, 0.717) is 7.11 Å². The fourth-order valence-corrected chi connectivity index (χ4v) is 1.45. The van der Waals surface area contributed by atoms with E-state index in [9.17, 15) is 27.2 Å². The minimum Gasteiger partial charge on any atom is -0.462 e. The van der Waals surface area contributed by atoms with Crippen molar-refractivity contribution in [3.05, 3.63) is 29.8 Å². The molecule has 1 amide bonds. The molecule has 9 heteroatoms. The first-order valence-electron chi connectivity index (χ1n) is 6.05. The lowest BCUT2D eigenvalue weighted by Gasteiger charge is -2.24. The standard InChI is InChI=1S/C13H13F4NO4/c1-3-22-10(19)8-4-6-9(7-5-8)18-11(20)12(14,21-2)13(15,16)17/h4-7H,3H2,1-2H3,(H,18,20)/t12-/m1/s1. The van der Waals surface area contributed by atoms with Crippen molar-refractivity contribution in [3.8, 4) is 0 Å². The van der Waals surface area contributed by atoms with Crippen LogP contribution >= 0.6 is 0 Å². The average molecular weight is 323 g/mol. The highest BCUT2D eigenvalue weighted by Crippen LogP contribution is 2.35. The molecule has 0 heterocycles. The molecule has 0 unspecified atom stereocenters. The predicted octanol–water partition coefficient (Wildman–Crippen LogP) is 2.68. The molecule has 22 heavy (non-hydrogen) atoms. The molecule has 1 aromatic rings. The quantitative estimate of drug-likeness (QED) is 0.668. The largest absolute Gasteiger partial charge is 0.462 e. The van der Waals surface area contributed by atoms with Gasteiger partial charge in [0.1, 0.15) is 0 Å². The Morgan fingerprint density at radius 2 is 1.68 bits per heavy atom. The Balaban J connectivity index is 2.87. The number of halogens is 4. The van der Waals surface area contributed by atoms with Gasteiger partial charge in [-0.1, -0.05) is 0 Å². The van der Waals surface area contributed by atoms with Crippen LogP contribution in [0.1, 0.15) is 17.3 Å². The molecule has 0 bridgehead atoms. The molecule has 0 aliphatic heterocycles. The van der Waals surface area contributed by atoms with Crippen LogP contribution in [0.3, 0.4) is 0 Å². The summed E-state index contributed by atoms with van der Waals surface area (Å²) in [5.41, 5.74) is -0.00435. The maximum atomic E-state index is 13.6. The summed E-state index contributed by atoms with van der Waals surface area (Å²) in [6.45, 7) is 1.76. The zero-order valence-corrected chi connectivity index (χ0v) is 11.7. The smallest absolute Gasteiger partial charge is 0.458 e. The lowest BCUT2D eigenvalue weighted by Crippen LogP contribution is -2.52. The van der Waals surface area contributed by atoms with E-state index in [2.05, 4.69) is 4.74 Å². The van der Waals surface area contributed by atoms with Crippen LogP contribution in [-0.4, -0.2) is 37.6 Å². The number of hydrogen-bond acceptors (Lipinski definition) is 4.